The van der Waals surface area contributed by atoms with Crippen LogP contribution >= 0.6 is 11.3 Å². The fourth-order valence-electron chi connectivity index (χ4n) is 2.07. The van der Waals surface area contributed by atoms with Crippen molar-refractivity contribution < 1.29 is 23.0 Å². The van der Waals surface area contributed by atoms with E-state index < -0.39 is 17.3 Å². The number of hydrogen-bond donors (Lipinski definition) is 1. The molecule has 1 atom stereocenters. The Bertz CT molecular complexity index is 639. The lowest BCUT2D eigenvalue weighted by molar-refractivity contribution is -0.137. The number of alkyl halides is 3. The van der Waals surface area contributed by atoms with Crippen LogP contribution in [0.25, 0.3) is 0 Å². The molecular weight excluding hydrogens is 291 g/mol. The molecule has 0 aliphatic carbocycles. The minimum absolute atomic E-state index is 0.177. The molecule has 0 bridgehead atoms. The van der Waals surface area contributed by atoms with Crippen molar-refractivity contribution in [2.24, 2.45) is 0 Å². The number of fused-ring (bicyclic) bond motifs is 1. The molecule has 2 aromatic rings. The third-order valence-corrected chi connectivity index (χ3v) is 4.19. The van der Waals surface area contributed by atoms with Gasteiger partial charge in [0.2, 0.25) is 0 Å². The Morgan fingerprint density at radius 1 is 1.25 bits per heavy atom. The molecule has 1 aromatic heterocycles. The summed E-state index contributed by atoms with van der Waals surface area (Å²) < 4.78 is 42.8. The normalized spacial score (nSPS) is 16.2. The number of aliphatic hydroxyl groups is 1. The third kappa shape index (κ3) is 2.44. The maximum absolute atomic E-state index is 12.5. The average molecular weight is 301 g/mol. The maximum Gasteiger partial charge on any atom is 0.443 e. The Labute approximate surface area is 116 Å². The summed E-state index contributed by atoms with van der Waals surface area (Å²) in [6, 6.07) is 5.29. The van der Waals surface area contributed by atoms with Crippen molar-refractivity contribution in [1.82, 2.24) is 4.98 Å². The summed E-state index contributed by atoms with van der Waals surface area (Å²) in [6.07, 6.45) is -4.51. The number of ether oxygens (including phenoxy) is 1. The predicted molar refractivity (Wildman–Crippen MR) is 66.1 cm³/mol. The highest BCUT2D eigenvalue weighted by Gasteiger charge is 2.35. The lowest BCUT2D eigenvalue weighted by Crippen LogP contribution is -2.03. The Balaban J connectivity index is 1.89. The third-order valence-electron chi connectivity index (χ3n) is 3.10. The van der Waals surface area contributed by atoms with E-state index in [1.54, 1.807) is 12.1 Å². The first-order chi connectivity index (χ1) is 9.45. The molecule has 0 radical (unpaired) electrons. The molecule has 1 aliphatic heterocycles. The van der Waals surface area contributed by atoms with Gasteiger partial charge in [-0.25, -0.2) is 4.98 Å². The summed E-state index contributed by atoms with van der Waals surface area (Å²) in [4.78, 5) is 3.49. The second-order valence-electron chi connectivity index (χ2n) is 4.49. The van der Waals surface area contributed by atoms with Gasteiger partial charge in [0.25, 0.3) is 0 Å². The molecule has 1 aliphatic rings. The number of thiazole rings is 1. The van der Waals surface area contributed by atoms with Crippen molar-refractivity contribution in [2.75, 3.05) is 0 Å². The zero-order valence-corrected chi connectivity index (χ0v) is 11.0. The van der Waals surface area contributed by atoms with Crippen LogP contribution in [0.4, 0.5) is 13.2 Å². The van der Waals surface area contributed by atoms with Crippen molar-refractivity contribution in [3.63, 3.8) is 0 Å². The SMILES string of the molecule is OC(c1ccc2c(c1)COC2)c1cnc(C(F)(F)F)s1. The van der Waals surface area contributed by atoms with Gasteiger partial charge in [-0.1, -0.05) is 18.2 Å². The van der Waals surface area contributed by atoms with E-state index in [1.807, 2.05) is 6.07 Å². The van der Waals surface area contributed by atoms with Crippen LogP contribution in [0.3, 0.4) is 0 Å². The van der Waals surface area contributed by atoms with Gasteiger partial charge in [-0.15, -0.1) is 11.3 Å². The van der Waals surface area contributed by atoms with Gasteiger partial charge in [0.05, 0.1) is 18.1 Å². The predicted octanol–water partition coefficient (Wildman–Crippen LogP) is 3.27. The van der Waals surface area contributed by atoms with E-state index in [9.17, 15) is 18.3 Å². The van der Waals surface area contributed by atoms with Crippen LogP contribution in [-0.4, -0.2) is 10.1 Å². The van der Waals surface area contributed by atoms with Crippen LogP contribution in [0.5, 0.6) is 0 Å². The van der Waals surface area contributed by atoms with Gasteiger partial charge in [-0.05, 0) is 16.7 Å². The highest BCUT2D eigenvalue weighted by molar-refractivity contribution is 7.11. The van der Waals surface area contributed by atoms with Gasteiger partial charge in [-0.2, -0.15) is 13.2 Å². The van der Waals surface area contributed by atoms with Crippen molar-refractivity contribution >= 4 is 11.3 Å². The second kappa shape index (κ2) is 4.83. The Hall–Kier alpha value is -1.44. The number of rotatable bonds is 2. The molecule has 20 heavy (non-hydrogen) atoms. The summed E-state index contributed by atoms with van der Waals surface area (Å²) >= 11 is 0.459. The maximum atomic E-state index is 12.5. The van der Waals surface area contributed by atoms with E-state index in [-0.39, 0.29) is 4.88 Å². The van der Waals surface area contributed by atoms with E-state index in [1.165, 1.54) is 0 Å². The monoisotopic (exact) mass is 301 g/mol. The Morgan fingerprint density at radius 2 is 2.00 bits per heavy atom. The van der Waals surface area contributed by atoms with Gasteiger partial charge < -0.3 is 9.84 Å². The summed E-state index contributed by atoms with van der Waals surface area (Å²) in [5.41, 5.74) is 2.55. The zero-order valence-electron chi connectivity index (χ0n) is 10.1. The molecule has 1 aromatic carbocycles. The van der Waals surface area contributed by atoms with Crippen LogP contribution in [0.2, 0.25) is 0 Å². The van der Waals surface area contributed by atoms with Crippen LogP contribution in [0.1, 0.15) is 32.7 Å². The number of hydrogen-bond acceptors (Lipinski definition) is 4. The fraction of sp³-hybridized carbons (Fsp3) is 0.308. The van der Waals surface area contributed by atoms with Crippen molar-refractivity contribution in [2.45, 2.75) is 25.5 Å². The lowest BCUT2D eigenvalue weighted by Gasteiger charge is -2.10. The molecule has 0 fully saturated rings. The Morgan fingerprint density at radius 3 is 2.70 bits per heavy atom. The van der Waals surface area contributed by atoms with Crippen molar-refractivity contribution in [3.8, 4) is 0 Å². The quantitative estimate of drug-likeness (QED) is 0.925. The molecule has 1 N–H and O–H groups in total. The summed E-state index contributed by atoms with van der Waals surface area (Å²) in [5.74, 6) is 0. The van der Waals surface area contributed by atoms with E-state index in [0.717, 1.165) is 17.3 Å². The molecule has 3 rings (SSSR count). The lowest BCUT2D eigenvalue weighted by atomic mass is 10.0. The molecule has 7 heteroatoms. The highest BCUT2D eigenvalue weighted by atomic mass is 32.1. The van der Waals surface area contributed by atoms with Crippen LogP contribution in [-0.2, 0) is 24.1 Å². The first-order valence-corrected chi connectivity index (χ1v) is 6.67. The number of benzene rings is 1. The van der Waals surface area contributed by atoms with Gasteiger partial charge in [0.1, 0.15) is 6.10 Å². The van der Waals surface area contributed by atoms with Crippen LogP contribution in [0, 0.1) is 0 Å². The highest BCUT2D eigenvalue weighted by Crippen LogP contribution is 2.36. The fourth-order valence-corrected chi connectivity index (χ4v) is 2.87. The zero-order chi connectivity index (χ0) is 14.3. The molecule has 1 unspecified atom stereocenters. The summed E-state index contributed by atoms with van der Waals surface area (Å²) in [5, 5.41) is 9.22. The van der Waals surface area contributed by atoms with Crippen molar-refractivity contribution in [3.05, 3.63) is 51.0 Å². The molecule has 3 nitrogen and oxygen atoms in total. The molecule has 0 spiro atoms. The smallest absolute Gasteiger partial charge is 0.383 e. The molecule has 0 amide bonds. The number of aliphatic hydroxyl groups excluding tert-OH is 1. The minimum atomic E-state index is -4.48. The second-order valence-corrected chi connectivity index (χ2v) is 5.55. The molecule has 2 heterocycles. The van der Waals surface area contributed by atoms with Gasteiger partial charge in [0, 0.05) is 6.20 Å². The average Bonchev–Trinajstić information content (AvgIpc) is 3.05. The van der Waals surface area contributed by atoms with Gasteiger partial charge in [-0.3, -0.25) is 0 Å². The summed E-state index contributed by atoms with van der Waals surface area (Å²) in [7, 11) is 0. The first kappa shape index (κ1) is 13.5. The minimum Gasteiger partial charge on any atom is -0.383 e. The van der Waals surface area contributed by atoms with Crippen LogP contribution in [0.15, 0.2) is 24.4 Å². The van der Waals surface area contributed by atoms with Gasteiger partial charge in [0.15, 0.2) is 5.01 Å². The Kier molecular flexibility index (Phi) is 3.27. The standard InChI is InChI=1S/C13H10F3NO2S/c14-13(15,16)12-17-4-10(20-12)11(18)7-1-2-8-5-19-6-9(8)3-7/h1-4,11,18H,5-6H2. The number of aromatic nitrogens is 1. The topological polar surface area (TPSA) is 42.4 Å². The first-order valence-electron chi connectivity index (χ1n) is 5.85. The van der Waals surface area contributed by atoms with E-state index >= 15 is 0 Å². The molecule has 0 saturated carbocycles. The number of nitrogens with zero attached hydrogens (tertiary/aromatic N) is 1. The van der Waals surface area contributed by atoms with E-state index in [4.69, 9.17) is 4.74 Å². The van der Waals surface area contributed by atoms with E-state index in [0.29, 0.717) is 30.1 Å². The molecule has 0 saturated heterocycles. The van der Waals surface area contributed by atoms with Crippen LogP contribution < -0.4 is 0 Å². The molecular formula is C13H10F3NO2S. The largest absolute Gasteiger partial charge is 0.443 e. The summed E-state index contributed by atoms with van der Waals surface area (Å²) in [6.45, 7) is 0.997. The number of halogens is 3. The van der Waals surface area contributed by atoms with Gasteiger partial charge >= 0.3 is 6.18 Å². The molecule has 106 valence electrons. The van der Waals surface area contributed by atoms with E-state index in [2.05, 4.69) is 4.98 Å². The van der Waals surface area contributed by atoms with Crippen molar-refractivity contribution in [1.29, 1.82) is 0 Å².